The van der Waals surface area contributed by atoms with Gasteiger partial charge in [-0.25, -0.2) is 27.8 Å². The average Bonchev–Trinajstić information content (AvgIpc) is 3.21. The van der Waals surface area contributed by atoms with Gasteiger partial charge in [-0.05, 0) is 18.9 Å². The summed E-state index contributed by atoms with van der Waals surface area (Å²) in [5.74, 6) is -0.0536. The van der Waals surface area contributed by atoms with Crippen LogP contribution in [-0.2, 0) is 17.1 Å². The molecule has 3 heterocycles. The number of piperidine rings is 1. The molecule has 3 aromatic rings. The van der Waals surface area contributed by atoms with Gasteiger partial charge in [0, 0.05) is 63.7 Å². The van der Waals surface area contributed by atoms with Crippen molar-refractivity contribution >= 4 is 16.0 Å². The molecule has 1 aliphatic rings. The maximum Gasteiger partial charge on any atom is 0.262 e. The molecular formula is C21H25FN6O2S. The molecule has 1 saturated heterocycles. The van der Waals surface area contributed by atoms with Crippen LogP contribution < -0.4 is 4.90 Å². The van der Waals surface area contributed by atoms with Crippen LogP contribution in [-0.4, -0.2) is 59.4 Å². The van der Waals surface area contributed by atoms with Crippen molar-refractivity contribution in [2.75, 3.05) is 32.1 Å². The fraction of sp³-hybridized carbons (Fsp3) is 0.381. The van der Waals surface area contributed by atoms with Gasteiger partial charge in [0.05, 0.1) is 12.0 Å². The molecular weight excluding hydrogens is 419 g/mol. The first-order valence-corrected chi connectivity index (χ1v) is 11.5. The second kappa shape index (κ2) is 8.35. The Morgan fingerprint density at radius 3 is 2.61 bits per heavy atom. The van der Waals surface area contributed by atoms with Gasteiger partial charge in [0.2, 0.25) is 5.95 Å². The molecule has 0 unspecified atom stereocenters. The highest BCUT2D eigenvalue weighted by Crippen LogP contribution is 2.36. The molecule has 0 bridgehead atoms. The summed E-state index contributed by atoms with van der Waals surface area (Å²) >= 11 is 0. The molecule has 8 nitrogen and oxygen atoms in total. The molecule has 1 aliphatic heterocycles. The largest absolute Gasteiger partial charge is 0.347 e. The van der Waals surface area contributed by atoms with Crippen LogP contribution in [0.4, 0.5) is 10.3 Å². The number of aryl methyl sites for hydroxylation is 1. The van der Waals surface area contributed by atoms with E-state index in [1.54, 1.807) is 40.9 Å². The number of benzene rings is 1. The number of rotatable bonds is 5. The summed E-state index contributed by atoms with van der Waals surface area (Å²) < 4.78 is 43.9. The maximum absolute atomic E-state index is 14.6. The zero-order chi connectivity index (χ0) is 22.2. The molecule has 0 saturated carbocycles. The molecule has 0 N–H and O–H groups in total. The lowest BCUT2D eigenvalue weighted by atomic mass is 9.90. The molecule has 164 valence electrons. The lowest BCUT2D eigenvalue weighted by Crippen LogP contribution is -2.39. The van der Waals surface area contributed by atoms with Gasteiger partial charge in [-0.15, -0.1) is 0 Å². The Balaban J connectivity index is 1.74. The van der Waals surface area contributed by atoms with Crippen LogP contribution in [0.15, 0.2) is 48.0 Å². The minimum atomic E-state index is -3.72. The maximum atomic E-state index is 14.6. The van der Waals surface area contributed by atoms with Crippen LogP contribution in [0.2, 0.25) is 0 Å². The van der Waals surface area contributed by atoms with E-state index in [0.717, 1.165) is 6.42 Å². The molecule has 31 heavy (non-hydrogen) atoms. The zero-order valence-corrected chi connectivity index (χ0v) is 18.5. The van der Waals surface area contributed by atoms with Crippen LogP contribution in [0, 0.1) is 5.82 Å². The fourth-order valence-corrected chi connectivity index (χ4v) is 5.33. The third-order valence-corrected chi connectivity index (χ3v) is 7.18. The van der Waals surface area contributed by atoms with Crippen molar-refractivity contribution in [2.45, 2.75) is 23.8 Å². The standard InChI is InChI=1S/C21H25FN6O2S/c1-26(2)21-23-11-17(16-8-4-5-9-18(16)22)20(25-21)15-7-6-10-28(12-15)31(29,30)19-13-27(3)14-24-19/h4-5,8-9,11,13-15H,6-7,10,12H2,1-3H3/t15-/m0/s1. The van der Waals surface area contributed by atoms with Crippen LogP contribution in [0.5, 0.6) is 0 Å². The van der Waals surface area contributed by atoms with E-state index in [1.165, 1.54) is 22.9 Å². The summed E-state index contributed by atoms with van der Waals surface area (Å²) in [6.07, 6.45) is 6.02. The Labute approximate surface area is 181 Å². The van der Waals surface area contributed by atoms with E-state index in [0.29, 0.717) is 35.7 Å². The summed E-state index contributed by atoms with van der Waals surface area (Å²) in [6, 6.07) is 6.49. The van der Waals surface area contributed by atoms with Crippen molar-refractivity contribution in [3.8, 4) is 11.1 Å². The van der Waals surface area contributed by atoms with Crippen LogP contribution in [0.25, 0.3) is 11.1 Å². The first-order chi connectivity index (χ1) is 14.8. The van der Waals surface area contributed by atoms with Crippen molar-refractivity contribution in [3.63, 3.8) is 0 Å². The minimum Gasteiger partial charge on any atom is -0.347 e. The van der Waals surface area contributed by atoms with Gasteiger partial charge in [-0.3, -0.25) is 0 Å². The molecule has 10 heteroatoms. The molecule has 1 fully saturated rings. The van der Waals surface area contributed by atoms with Crippen molar-refractivity contribution in [3.05, 3.63) is 54.5 Å². The number of nitrogens with zero attached hydrogens (tertiary/aromatic N) is 6. The molecule has 1 atom stereocenters. The Kier molecular flexibility index (Phi) is 5.76. The van der Waals surface area contributed by atoms with Crippen molar-refractivity contribution in [1.29, 1.82) is 0 Å². The van der Waals surface area contributed by atoms with Crippen molar-refractivity contribution in [1.82, 2.24) is 23.8 Å². The molecule has 0 amide bonds. The highest BCUT2D eigenvalue weighted by Gasteiger charge is 2.34. The Hall–Kier alpha value is -2.85. The predicted octanol–water partition coefficient (Wildman–Crippen LogP) is 2.65. The Morgan fingerprint density at radius 2 is 1.94 bits per heavy atom. The quantitative estimate of drug-likeness (QED) is 0.602. The topological polar surface area (TPSA) is 84.2 Å². The first-order valence-electron chi connectivity index (χ1n) is 10.0. The van der Waals surface area contributed by atoms with Crippen molar-refractivity contribution < 1.29 is 12.8 Å². The van der Waals surface area contributed by atoms with Crippen LogP contribution in [0.1, 0.15) is 24.5 Å². The number of imidazole rings is 1. The van der Waals surface area contributed by atoms with Crippen LogP contribution in [0.3, 0.4) is 0 Å². The Bertz CT molecular complexity index is 1190. The number of anilines is 1. The first kappa shape index (κ1) is 21.4. The Morgan fingerprint density at radius 1 is 1.16 bits per heavy atom. The van der Waals surface area contributed by atoms with E-state index < -0.39 is 10.0 Å². The van der Waals surface area contributed by atoms with Gasteiger partial charge in [-0.1, -0.05) is 18.2 Å². The summed E-state index contributed by atoms with van der Waals surface area (Å²) in [6.45, 7) is 0.667. The number of halogens is 1. The summed E-state index contributed by atoms with van der Waals surface area (Å²) in [5, 5.41) is 0.0293. The third-order valence-electron chi connectivity index (χ3n) is 5.43. The second-order valence-electron chi connectivity index (χ2n) is 7.92. The van der Waals surface area contributed by atoms with Gasteiger partial charge in [0.15, 0.2) is 5.03 Å². The average molecular weight is 445 g/mol. The molecule has 1 aromatic carbocycles. The lowest BCUT2D eigenvalue weighted by molar-refractivity contribution is 0.312. The van der Waals surface area contributed by atoms with Gasteiger partial charge in [-0.2, -0.15) is 4.31 Å². The molecule has 0 radical (unpaired) electrons. The number of sulfonamides is 1. The van der Waals surface area contributed by atoms with Gasteiger partial charge >= 0.3 is 0 Å². The molecule has 0 aliphatic carbocycles. The highest BCUT2D eigenvalue weighted by atomic mass is 32.2. The zero-order valence-electron chi connectivity index (χ0n) is 17.7. The highest BCUT2D eigenvalue weighted by molar-refractivity contribution is 7.89. The molecule has 4 rings (SSSR count). The summed E-state index contributed by atoms with van der Waals surface area (Å²) in [7, 11) is 1.68. The molecule has 0 spiro atoms. The minimum absolute atomic E-state index is 0.0293. The van der Waals surface area contributed by atoms with E-state index in [-0.39, 0.29) is 23.3 Å². The number of hydrogen-bond acceptors (Lipinski definition) is 6. The fourth-order valence-electron chi connectivity index (χ4n) is 3.84. The smallest absolute Gasteiger partial charge is 0.262 e. The second-order valence-corrected chi connectivity index (χ2v) is 9.81. The predicted molar refractivity (Wildman–Crippen MR) is 116 cm³/mol. The summed E-state index contributed by atoms with van der Waals surface area (Å²) in [4.78, 5) is 14.9. The van der Waals surface area contributed by atoms with E-state index >= 15 is 0 Å². The van der Waals surface area contributed by atoms with E-state index in [9.17, 15) is 12.8 Å². The third kappa shape index (κ3) is 4.17. The number of aromatic nitrogens is 4. The van der Waals surface area contributed by atoms with Crippen LogP contribution >= 0.6 is 0 Å². The van der Waals surface area contributed by atoms with Gasteiger partial charge < -0.3 is 9.47 Å². The lowest BCUT2D eigenvalue weighted by Gasteiger charge is -2.32. The van der Waals surface area contributed by atoms with E-state index in [2.05, 4.69) is 9.97 Å². The monoisotopic (exact) mass is 444 g/mol. The SMILES string of the molecule is CN(C)c1ncc(-c2ccccc2F)c([C@H]2CCCN(S(=O)(=O)c3cn(C)cn3)C2)n1. The van der Waals surface area contributed by atoms with Gasteiger partial charge in [0.1, 0.15) is 5.82 Å². The molecule has 2 aromatic heterocycles. The number of hydrogen-bond donors (Lipinski definition) is 0. The summed E-state index contributed by atoms with van der Waals surface area (Å²) in [5.41, 5.74) is 1.66. The van der Waals surface area contributed by atoms with E-state index in [4.69, 9.17) is 4.98 Å². The van der Waals surface area contributed by atoms with Gasteiger partial charge in [0.25, 0.3) is 10.0 Å². The van der Waals surface area contributed by atoms with Crippen molar-refractivity contribution in [2.24, 2.45) is 7.05 Å². The normalized spacial score (nSPS) is 17.6. The van der Waals surface area contributed by atoms with E-state index in [1.807, 2.05) is 14.1 Å².